The van der Waals surface area contributed by atoms with Crippen molar-refractivity contribution in [3.63, 3.8) is 0 Å². The second-order valence-corrected chi connectivity index (χ2v) is 6.59. The molecule has 0 radical (unpaired) electrons. The van der Waals surface area contributed by atoms with Crippen LogP contribution in [0.2, 0.25) is 0 Å². The minimum atomic E-state index is 0.194. The molecule has 2 aliphatic rings. The van der Waals surface area contributed by atoms with Crippen LogP contribution in [-0.2, 0) is 4.74 Å². The molecule has 0 heterocycles. The topological polar surface area (TPSA) is 29.5 Å². The molecule has 0 bridgehead atoms. The molecule has 2 aliphatic carbocycles. The van der Waals surface area contributed by atoms with Gasteiger partial charge >= 0.3 is 0 Å². The van der Waals surface area contributed by atoms with Crippen LogP contribution in [0.15, 0.2) is 11.6 Å². The summed E-state index contributed by atoms with van der Waals surface area (Å²) in [5.41, 5.74) is 1.93. The predicted octanol–water partition coefficient (Wildman–Crippen LogP) is 3.01. The zero-order valence-electron chi connectivity index (χ0n) is 11.6. The molecule has 0 amide bonds. The summed E-state index contributed by atoms with van der Waals surface area (Å²) in [6.45, 7) is 7.94. The molecule has 3 atom stereocenters. The van der Waals surface area contributed by atoms with Crippen LogP contribution in [0.25, 0.3) is 0 Å². The molecule has 98 valence electrons. The number of methoxy groups -OCH3 is 1. The molecule has 0 spiro atoms. The largest absolute Gasteiger partial charge is 0.392 e. The molecule has 2 saturated carbocycles. The lowest BCUT2D eigenvalue weighted by Gasteiger charge is -2.36. The smallest absolute Gasteiger partial charge is 0.0639 e. The van der Waals surface area contributed by atoms with Crippen LogP contribution < -0.4 is 0 Å². The van der Waals surface area contributed by atoms with Gasteiger partial charge in [0.05, 0.1) is 13.2 Å². The molecule has 0 saturated heterocycles. The van der Waals surface area contributed by atoms with Crippen LogP contribution in [0.5, 0.6) is 0 Å². The second kappa shape index (κ2) is 4.40. The highest BCUT2D eigenvalue weighted by molar-refractivity contribution is 5.19. The number of ether oxygens (including phenoxy) is 1. The first kappa shape index (κ1) is 13.1. The summed E-state index contributed by atoms with van der Waals surface area (Å²) in [5, 5.41) is 9.05. The standard InChI is InChI=1S/C15H26O2/c1-11(9-16)5-6-12-7-13-8-15(13,10-17-4)14(12,2)3/h5,12-13,16H,6-10H2,1-4H3. The third-order valence-corrected chi connectivity index (χ3v) is 5.51. The van der Waals surface area contributed by atoms with E-state index in [1.54, 1.807) is 0 Å². The average Bonchev–Trinajstić information content (AvgIpc) is 2.94. The van der Waals surface area contributed by atoms with Crippen LogP contribution in [0.1, 0.15) is 40.0 Å². The van der Waals surface area contributed by atoms with Crippen molar-refractivity contribution in [2.24, 2.45) is 22.7 Å². The van der Waals surface area contributed by atoms with Crippen LogP contribution in [0.3, 0.4) is 0 Å². The Morgan fingerprint density at radius 1 is 1.47 bits per heavy atom. The van der Waals surface area contributed by atoms with Gasteiger partial charge in [-0.25, -0.2) is 0 Å². The Hall–Kier alpha value is -0.340. The number of allylic oxidation sites excluding steroid dienone is 1. The van der Waals surface area contributed by atoms with Crippen molar-refractivity contribution in [2.75, 3.05) is 20.3 Å². The monoisotopic (exact) mass is 238 g/mol. The summed E-state index contributed by atoms with van der Waals surface area (Å²) in [6, 6.07) is 0. The second-order valence-electron chi connectivity index (χ2n) is 6.59. The average molecular weight is 238 g/mol. The van der Waals surface area contributed by atoms with Crippen molar-refractivity contribution < 1.29 is 9.84 Å². The molecule has 0 aromatic rings. The molecule has 2 rings (SSSR count). The van der Waals surface area contributed by atoms with E-state index < -0.39 is 0 Å². The Morgan fingerprint density at radius 3 is 2.76 bits per heavy atom. The highest BCUT2D eigenvalue weighted by atomic mass is 16.5. The minimum Gasteiger partial charge on any atom is -0.392 e. The number of hydrogen-bond donors (Lipinski definition) is 1. The summed E-state index contributed by atoms with van der Waals surface area (Å²) in [5.74, 6) is 1.63. The summed E-state index contributed by atoms with van der Waals surface area (Å²) in [6.07, 6.45) is 6.03. The fourth-order valence-corrected chi connectivity index (χ4v) is 3.94. The molecule has 2 fully saturated rings. The Kier molecular flexibility index (Phi) is 3.39. The third-order valence-electron chi connectivity index (χ3n) is 5.51. The van der Waals surface area contributed by atoms with E-state index in [4.69, 9.17) is 9.84 Å². The Balaban J connectivity index is 2.04. The van der Waals surface area contributed by atoms with E-state index in [1.807, 2.05) is 14.0 Å². The quantitative estimate of drug-likeness (QED) is 0.746. The Morgan fingerprint density at radius 2 is 2.18 bits per heavy atom. The number of aliphatic hydroxyl groups excluding tert-OH is 1. The van der Waals surface area contributed by atoms with Crippen molar-refractivity contribution in [2.45, 2.75) is 40.0 Å². The van der Waals surface area contributed by atoms with E-state index in [9.17, 15) is 0 Å². The van der Waals surface area contributed by atoms with Crippen molar-refractivity contribution in [1.29, 1.82) is 0 Å². The van der Waals surface area contributed by atoms with Gasteiger partial charge in [0, 0.05) is 12.5 Å². The van der Waals surface area contributed by atoms with Crippen LogP contribution in [-0.4, -0.2) is 25.4 Å². The molecule has 0 aromatic carbocycles. The molecule has 0 aliphatic heterocycles. The van der Waals surface area contributed by atoms with E-state index in [0.717, 1.165) is 30.4 Å². The van der Waals surface area contributed by atoms with Gasteiger partial charge in [0.2, 0.25) is 0 Å². The molecule has 3 unspecified atom stereocenters. The van der Waals surface area contributed by atoms with Crippen molar-refractivity contribution in [3.05, 3.63) is 11.6 Å². The van der Waals surface area contributed by atoms with Gasteiger partial charge in [-0.15, -0.1) is 0 Å². The van der Waals surface area contributed by atoms with Gasteiger partial charge in [-0.1, -0.05) is 25.5 Å². The van der Waals surface area contributed by atoms with Gasteiger partial charge in [-0.05, 0) is 43.4 Å². The highest BCUT2D eigenvalue weighted by Crippen LogP contribution is 2.74. The van der Waals surface area contributed by atoms with E-state index in [0.29, 0.717) is 10.8 Å². The van der Waals surface area contributed by atoms with Crippen LogP contribution >= 0.6 is 0 Å². The van der Waals surface area contributed by atoms with Crippen molar-refractivity contribution in [3.8, 4) is 0 Å². The Labute approximate surface area is 105 Å². The van der Waals surface area contributed by atoms with Gasteiger partial charge in [0.25, 0.3) is 0 Å². The summed E-state index contributed by atoms with van der Waals surface area (Å²) >= 11 is 0. The normalized spacial score (nSPS) is 39.2. The molecule has 2 nitrogen and oxygen atoms in total. The molecule has 2 heteroatoms. The van der Waals surface area contributed by atoms with Crippen LogP contribution in [0.4, 0.5) is 0 Å². The molecule has 0 aromatic heterocycles. The van der Waals surface area contributed by atoms with Gasteiger partial charge < -0.3 is 9.84 Å². The minimum absolute atomic E-state index is 0.194. The maximum absolute atomic E-state index is 9.05. The summed E-state index contributed by atoms with van der Waals surface area (Å²) < 4.78 is 5.45. The van der Waals surface area contributed by atoms with Crippen LogP contribution in [0, 0.1) is 22.7 Å². The Bertz CT molecular complexity index is 319. The maximum Gasteiger partial charge on any atom is 0.0639 e. The lowest BCUT2D eigenvalue weighted by molar-refractivity contribution is 0.0464. The van der Waals surface area contributed by atoms with Gasteiger partial charge in [-0.3, -0.25) is 0 Å². The number of fused-ring (bicyclic) bond motifs is 1. The first-order valence-corrected chi connectivity index (χ1v) is 6.73. The van der Waals surface area contributed by atoms with Crippen molar-refractivity contribution in [1.82, 2.24) is 0 Å². The van der Waals surface area contributed by atoms with E-state index in [2.05, 4.69) is 19.9 Å². The fourth-order valence-electron chi connectivity index (χ4n) is 3.94. The molecular weight excluding hydrogens is 212 g/mol. The van der Waals surface area contributed by atoms with Gasteiger partial charge in [0.15, 0.2) is 0 Å². The SMILES string of the molecule is COCC12CC1CC(CC=C(C)CO)C2(C)C. The first-order valence-electron chi connectivity index (χ1n) is 6.73. The number of aliphatic hydroxyl groups is 1. The molecule has 1 N–H and O–H groups in total. The zero-order valence-corrected chi connectivity index (χ0v) is 11.6. The van der Waals surface area contributed by atoms with Gasteiger partial charge in [0.1, 0.15) is 0 Å². The van der Waals surface area contributed by atoms with Gasteiger partial charge in [-0.2, -0.15) is 0 Å². The predicted molar refractivity (Wildman–Crippen MR) is 69.8 cm³/mol. The third kappa shape index (κ3) is 1.96. The first-order chi connectivity index (χ1) is 7.98. The highest BCUT2D eigenvalue weighted by Gasteiger charge is 2.69. The lowest BCUT2D eigenvalue weighted by Crippen LogP contribution is -2.32. The maximum atomic E-state index is 9.05. The zero-order chi connectivity index (χ0) is 12.7. The van der Waals surface area contributed by atoms with E-state index in [1.165, 1.54) is 12.8 Å². The fraction of sp³-hybridized carbons (Fsp3) is 0.867. The number of rotatable bonds is 5. The molecule has 17 heavy (non-hydrogen) atoms. The van der Waals surface area contributed by atoms with E-state index >= 15 is 0 Å². The van der Waals surface area contributed by atoms with Crippen molar-refractivity contribution >= 4 is 0 Å². The molecular formula is C15H26O2. The lowest BCUT2D eigenvalue weighted by atomic mass is 9.69. The summed E-state index contributed by atoms with van der Waals surface area (Å²) in [4.78, 5) is 0. The summed E-state index contributed by atoms with van der Waals surface area (Å²) in [7, 11) is 1.82. The van der Waals surface area contributed by atoms with E-state index in [-0.39, 0.29) is 6.61 Å². The number of hydrogen-bond acceptors (Lipinski definition) is 2.